The van der Waals surface area contributed by atoms with Gasteiger partial charge in [0.1, 0.15) is 18.1 Å². The van der Waals surface area contributed by atoms with Crippen molar-refractivity contribution >= 4 is 35.6 Å². The van der Waals surface area contributed by atoms with Gasteiger partial charge in [-0.25, -0.2) is 9.78 Å². The van der Waals surface area contributed by atoms with Crippen molar-refractivity contribution in [2.75, 3.05) is 13.1 Å². The maximum atomic E-state index is 13.4. The summed E-state index contributed by atoms with van der Waals surface area (Å²) in [7, 11) is 0. The van der Waals surface area contributed by atoms with Crippen LogP contribution >= 0.6 is 0 Å². The summed E-state index contributed by atoms with van der Waals surface area (Å²) in [4.78, 5) is 65.6. The molecule has 41 heavy (non-hydrogen) atoms. The quantitative estimate of drug-likeness (QED) is 0.0445. The van der Waals surface area contributed by atoms with E-state index in [0.29, 0.717) is 12.1 Å². The summed E-state index contributed by atoms with van der Waals surface area (Å²) in [5.41, 5.74) is 27.9. The Hall–Kier alpha value is -4.41. The molecule has 0 spiro atoms. The second-order valence-electron chi connectivity index (χ2n) is 9.94. The van der Waals surface area contributed by atoms with Crippen molar-refractivity contribution in [3.8, 4) is 0 Å². The van der Waals surface area contributed by atoms with Gasteiger partial charge >= 0.3 is 5.97 Å². The van der Waals surface area contributed by atoms with Crippen LogP contribution in [0.4, 0.5) is 0 Å². The Morgan fingerprint density at radius 2 is 1.39 bits per heavy atom. The van der Waals surface area contributed by atoms with E-state index in [4.69, 9.17) is 28.7 Å². The zero-order chi connectivity index (χ0) is 30.9. The van der Waals surface area contributed by atoms with Crippen molar-refractivity contribution in [1.82, 2.24) is 25.9 Å². The van der Waals surface area contributed by atoms with E-state index in [0.717, 1.165) is 0 Å². The molecular weight excluding hydrogens is 536 g/mol. The molecule has 0 fully saturated rings. The fraction of sp³-hybridized carbons (Fsp3) is 0.625. The van der Waals surface area contributed by atoms with Gasteiger partial charge in [-0.05, 0) is 38.0 Å². The van der Waals surface area contributed by atoms with Crippen molar-refractivity contribution in [1.29, 1.82) is 0 Å². The Morgan fingerprint density at radius 3 is 1.88 bits per heavy atom. The third-order valence-electron chi connectivity index (χ3n) is 5.81. The first-order valence-corrected chi connectivity index (χ1v) is 13.3. The van der Waals surface area contributed by atoms with E-state index in [-0.39, 0.29) is 63.0 Å². The Bertz CT molecular complexity index is 1040. The van der Waals surface area contributed by atoms with Gasteiger partial charge in [0.2, 0.25) is 17.7 Å². The number of guanidine groups is 2. The van der Waals surface area contributed by atoms with Crippen LogP contribution in [-0.4, -0.2) is 87.9 Å². The van der Waals surface area contributed by atoms with Gasteiger partial charge in [0.15, 0.2) is 11.9 Å². The number of carbonyl (C=O) groups is 4. The topological polar surface area (TPSA) is 308 Å². The van der Waals surface area contributed by atoms with Crippen LogP contribution in [0.3, 0.4) is 0 Å². The molecule has 1 aromatic heterocycles. The number of hydrogen-bond donors (Lipinski definition) is 10. The molecule has 1 rings (SSSR count). The predicted molar refractivity (Wildman–Crippen MR) is 153 cm³/mol. The number of carboxylic acid groups (broad SMARTS) is 1. The van der Waals surface area contributed by atoms with Gasteiger partial charge in [0.05, 0.1) is 12.4 Å². The van der Waals surface area contributed by atoms with Crippen LogP contribution in [0.5, 0.6) is 0 Å². The van der Waals surface area contributed by atoms with Gasteiger partial charge < -0.3 is 54.7 Å². The number of aromatic amines is 1. The lowest BCUT2D eigenvalue weighted by Gasteiger charge is -2.25. The molecule has 3 amide bonds. The maximum absolute atomic E-state index is 13.4. The standard InChI is InChI=1S/C24H44N12O5/c1-13(2)9-15(25)19(37)36-18(10-14-11-30-12-33-14)21(39)34-16(5-3-7-31-23(26)27)20(38)35-17(22(40)41)6-4-8-32-24(28)29/h11-13,15-18H,3-10,25H2,1-2H3,(H,30,33)(H,34,39)(H,35,38)(H,36,37)(H,40,41)(H4,26,27,31)(H4,28,29,32). The molecule has 0 aromatic carbocycles. The number of aliphatic carboxylic acids is 1. The van der Waals surface area contributed by atoms with Crippen molar-refractivity contribution in [3.63, 3.8) is 0 Å². The van der Waals surface area contributed by atoms with E-state index in [1.54, 1.807) is 0 Å². The second-order valence-corrected chi connectivity index (χ2v) is 9.94. The number of amides is 3. The van der Waals surface area contributed by atoms with Gasteiger partial charge in [-0.2, -0.15) is 0 Å². The third kappa shape index (κ3) is 14.5. The molecule has 15 N–H and O–H groups in total. The van der Waals surface area contributed by atoms with Crippen LogP contribution in [0.15, 0.2) is 22.5 Å². The number of imidazole rings is 1. The van der Waals surface area contributed by atoms with Gasteiger partial charge in [-0.15, -0.1) is 0 Å². The number of nitrogens with one attached hydrogen (secondary N) is 4. The maximum Gasteiger partial charge on any atom is 0.326 e. The SMILES string of the molecule is CC(C)CC(N)C(=O)NC(Cc1cnc[nH]1)C(=O)NC(CCCN=C(N)N)C(=O)NC(CCCN=C(N)N)C(=O)O. The smallest absolute Gasteiger partial charge is 0.326 e. The summed E-state index contributed by atoms with van der Waals surface area (Å²) in [6.45, 7) is 4.17. The Morgan fingerprint density at radius 1 is 0.878 bits per heavy atom. The number of rotatable bonds is 19. The molecule has 0 aliphatic rings. The average Bonchev–Trinajstić information content (AvgIpc) is 3.39. The number of hydrogen-bond acceptors (Lipinski definition) is 8. The molecule has 0 saturated carbocycles. The summed E-state index contributed by atoms with van der Waals surface area (Å²) >= 11 is 0. The molecule has 17 heteroatoms. The lowest BCUT2D eigenvalue weighted by Crippen LogP contribution is -2.57. The number of carbonyl (C=O) groups excluding carboxylic acids is 3. The van der Waals surface area contributed by atoms with Crippen molar-refractivity contribution in [2.24, 2.45) is 44.6 Å². The number of nitrogens with two attached hydrogens (primary N) is 5. The fourth-order valence-corrected chi connectivity index (χ4v) is 3.80. The van der Waals surface area contributed by atoms with Gasteiger partial charge in [0, 0.05) is 31.4 Å². The highest BCUT2D eigenvalue weighted by Crippen LogP contribution is 2.07. The third-order valence-corrected chi connectivity index (χ3v) is 5.81. The first kappa shape index (κ1) is 34.6. The monoisotopic (exact) mass is 580 g/mol. The largest absolute Gasteiger partial charge is 0.480 e. The lowest BCUT2D eigenvalue weighted by molar-refractivity contribution is -0.142. The lowest BCUT2D eigenvalue weighted by atomic mass is 10.0. The number of carboxylic acids is 1. The zero-order valence-electron chi connectivity index (χ0n) is 23.5. The van der Waals surface area contributed by atoms with Crippen LogP contribution in [0.25, 0.3) is 0 Å². The number of aliphatic imine (C=N–C) groups is 2. The summed E-state index contributed by atoms with van der Waals surface area (Å²) in [5.74, 6) is -3.33. The first-order chi connectivity index (χ1) is 19.3. The molecule has 1 aromatic rings. The van der Waals surface area contributed by atoms with E-state index in [1.807, 2.05) is 13.8 Å². The fourth-order valence-electron chi connectivity index (χ4n) is 3.80. The molecule has 0 saturated heterocycles. The number of H-pyrrole nitrogens is 1. The molecule has 4 unspecified atom stereocenters. The van der Waals surface area contributed by atoms with Crippen LogP contribution in [0.2, 0.25) is 0 Å². The minimum atomic E-state index is -1.27. The minimum absolute atomic E-state index is 0.0385. The van der Waals surface area contributed by atoms with E-state index >= 15 is 0 Å². The van der Waals surface area contributed by atoms with Crippen molar-refractivity contribution in [3.05, 3.63) is 18.2 Å². The van der Waals surface area contributed by atoms with Gasteiger partial charge in [-0.3, -0.25) is 24.4 Å². The normalized spacial score (nSPS) is 13.8. The number of aromatic nitrogens is 2. The molecule has 17 nitrogen and oxygen atoms in total. The summed E-state index contributed by atoms with van der Waals surface area (Å²) in [6.07, 6.45) is 4.05. The minimum Gasteiger partial charge on any atom is -0.480 e. The highest BCUT2D eigenvalue weighted by Gasteiger charge is 2.30. The highest BCUT2D eigenvalue weighted by molar-refractivity contribution is 5.94. The Kier molecular flexibility index (Phi) is 15.2. The van der Waals surface area contributed by atoms with E-state index < -0.39 is 47.9 Å². The Labute approximate surface area is 238 Å². The predicted octanol–water partition coefficient (Wildman–Crippen LogP) is -3.03. The number of nitrogens with zero attached hydrogens (tertiary/aromatic N) is 3. The van der Waals surface area contributed by atoms with E-state index in [9.17, 15) is 24.3 Å². The van der Waals surface area contributed by atoms with Crippen LogP contribution in [0, 0.1) is 5.92 Å². The summed E-state index contributed by atoms with van der Waals surface area (Å²) in [5, 5.41) is 17.3. The van der Waals surface area contributed by atoms with E-state index in [2.05, 4.69) is 35.9 Å². The molecular formula is C24H44N12O5. The molecule has 0 radical (unpaired) electrons. The van der Waals surface area contributed by atoms with E-state index in [1.165, 1.54) is 12.5 Å². The second kappa shape index (κ2) is 18.0. The zero-order valence-corrected chi connectivity index (χ0v) is 23.5. The molecule has 0 aliphatic carbocycles. The highest BCUT2D eigenvalue weighted by atomic mass is 16.4. The average molecular weight is 581 g/mol. The molecule has 0 bridgehead atoms. The molecule has 0 aliphatic heterocycles. The Balaban J connectivity index is 3.08. The summed E-state index contributed by atoms with van der Waals surface area (Å²) < 4.78 is 0. The van der Waals surface area contributed by atoms with Crippen LogP contribution in [0.1, 0.15) is 51.6 Å². The van der Waals surface area contributed by atoms with Crippen LogP contribution < -0.4 is 44.6 Å². The van der Waals surface area contributed by atoms with Crippen LogP contribution in [-0.2, 0) is 25.6 Å². The molecule has 1 heterocycles. The summed E-state index contributed by atoms with van der Waals surface area (Å²) in [6, 6.07) is -4.38. The van der Waals surface area contributed by atoms with Crippen molar-refractivity contribution < 1.29 is 24.3 Å². The van der Waals surface area contributed by atoms with Crippen molar-refractivity contribution in [2.45, 2.75) is 76.5 Å². The van der Waals surface area contributed by atoms with Gasteiger partial charge in [0.25, 0.3) is 0 Å². The van der Waals surface area contributed by atoms with Gasteiger partial charge in [-0.1, -0.05) is 13.8 Å². The first-order valence-electron chi connectivity index (χ1n) is 13.3. The molecule has 4 atom stereocenters. The molecule has 230 valence electrons.